The van der Waals surface area contributed by atoms with Crippen LogP contribution in [0.4, 0.5) is 0 Å². The molecule has 0 aromatic heterocycles. The standard InChI is InChI=1S/C16H26N2/c1-13-7-6-10-18(14(13)2)12-16-9-5-4-8-15(16)11-17-3/h4-5,8-9,13-14,17H,6-7,10-12H2,1-3H3. The summed E-state index contributed by atoms with van der Waals surface area (Å²) in [6.45, 7) is 8.08. The predicted molar refractivity (Wildman–Crippen MR) is 77.5 cm³/mol. The maximum atomic E-state index is 3.26. The monoisotopic (exact) mass is 246 g/mol. The third-order valence-electron chi connectivity index (χ3n) is 4.36. The molecule has 1 N–H and O–H groups in total. The predicted octanol–water partition coefficient (Wildman–Crippen LogP) is 3.03. The van der Waals surface area contributed by atoms with E-state index in [4.69, 9.17) is 0 Å². The summed E-state index contributed by atoms with van der Waals surface area (Å²) in [4.78, 5) is 2.64. The van der Waals surface area contributed by atoms with Gasteiger partial charge in [0.1, 0.15) is 0 Å². The number of nitrogens with zero attached hydrogens (tertiary/aromatic N) is 1. The number of hydrogen-bond acceptors (Lipinski definition) is 2. The van der Waals surface area contributed by atoms with Crippen LogP contribution in [0.5, 0.6) is 0 Å². The van der Waals surface area contributed by atoms with Gasteiger partial charge in [-0.25, -0.2) is 0 Å². The van der Waals surface area contributed by atoms with E-state index >= 15 is 0 Å². The molecular formula is C16H26N2. The average molecular weight is 246 g/mol. The van der Waals surface area contributed by atoms with Crippen LogP contribution in [0.1, 0.15) is 37.8 Å². The van der Waals surface area contributed by atoms with E-state index in [0.29, 0.717) is 6.04 Å². The molecule has 1 heterocycles. The fourth-order valence-electron chi connectivity index (χ4n) is 2.94. The molecule has 18 heavy (non-hydrogen) atoms. The molecule has 2 atom stereocenters. The lowest BCUT2D eigenvalue weighted by atomic mass is 9.91. The molecule has 0 amide bonds. The SMILES string of the molecule is CNCc1ccccc1CN1CCCC(C)C1C. The second-order valence-electron chi connectivity index (χ2n) is 5.63. The van der Waals surface area contributed by atoms with Gasteiger partial charge >= 0.3 is 0 Å². The topological polar surface area (TPSA) is 15.3 Å². The van der Waals surface area contributed by atoms with E-state index < -0.39 is 0 Å². The lowest BCUT2D eigenvalue weighted by Gasteiger charge is -2.38. The highest BCUT2D eigenvalue weighted by molar-refractivity contribution is 5.27. The third kappa shape index (κ3) is 3.12. The van der Waals surface area contributed by atoms with Crippen LogP contribution in [0.15, 0.2) is 24.3 Å². The van der Waals surface area contributed by atoms with E-state index in [-0.39, 0.29) is 0 Å². The lowest BCUT2D eigenvalue weighted by Crippen LogP contribution is -2.41. The fraction of sp³-hybridized carbons (Fsp3) is 0.625. The number of benzene rings is 1. The number of piperidine rings is 1. The van der Waals surface area contributed by atoms with Gasteiger partial charge in [0, 0.05) is 19.1 Å². The average Bonchev–Trinajstić information content (AvgIpc) is 2.37. The van der Waals surface area contributed by atoms with Gasteiger partial charge in [-0.05, 0) is 50.4 Å². The molecule has 2 unspecified atom stereocenters. The zero-order valence-electron chi connectivity index (χ0n) is 11.9. The Labute approximate surface area is 111 Å². The largest absolute Gasteiger partial charge is 0.316 e. The van der Waals surface area contributed by atoms with Gasteiger partial charge in [0.15, 0.2) is 0 Å². The molecule has 1 aliphatic rings. The van der Waals surface area contributed by atoms with Crippen LogP contribution in [0.3, 0.4) is 0 Å². The molecule has 2 nitrogen and oxygen atoms in total. The van der Waals surface area contributed by atoms with Gasteiger partial charge in [-0.2, -0.15) is 0 Å². The first-order chi connectivity index (χ1) is 8.72. The Hall–Kier alpha value is -0.860. The van der Waals surface area contributed by atoms with Crippen LogP contribution < -0.4 is 5.32 Å². The molecule has 0 bridgehead atoms. The Balaban J connectivity index is 2.08. The summed E-state index contributed by atoms with van der Waals surface area (Å²) in [6, 6.07) is 9.52. The van der Waals surface area contributed by atoms with Crippen LogP contribution in [-0.4, -0.2) is 24.5 Å². The van der Waals surface area contributed by atoms with E-state index in [1.54, 1.807) is 0 Å². The minimum atomic E-state index is 0.710. The Morgan fingerprint density at radius 3 is 2.67 bits per heavy atom. The van der Waals surface area contributed by atoms with Gasteiger partial charge in [0.2, 0.25) is 0 Å². The highest BCUT2D eigenvalue weighted by Gasteiger charge is 2.24. The number of hydrogen-bond donors (Lipinski definition) is 1. The molecule has 0 saturated carbocycles. The first-order valence-corrected chi connectivity index (χ1v) is 7.17. The highest BCUT2D eigenvalue weighted by atomic mass is 15.2. The summed E-state index contributed by atoms with van der Waals surface area (Å²) in [5, 5.41) is 3.26. The van der Waals surface area contributed by atoms with Crippen molar-refractivity contribution in [3.63, 3.8) is 0 Å². The number of nitrogens with one attached hydrogen (secondary N) is 1. The summed E-state index contributed by atoms with van der Waals surface area (Å²) in [5.41, 5.74) is 2.92. The molecule has 0 radical (unpaired) electrons. The maximum Gasteiger partial charge on any atom is 0.0239 e. The van der Waals surface area contributed by atoms with Crippen LogP contribution in [0.25, 0.3) is 0 Å². The van der Waals surface area contributed by atoms with Crippen molar-refractivity contribution in [2.24, 2.45) is 5.92 Å². The second-order valence-corrected chi connectivity index (χ2v) is 5.63. The van der Waals surface area contributed by atoms with E-state index in [1.165, 1.54) is 30.5 Å². The van der Waals surface area contributed by atoms with Crippen molar-refractivity contribution in [1.29, 1.82) is 0 Å². The zero-order valence-corrected chi connectivity index (χ0v) is 11.9. The highest BCUT2D eigenvalue weighted by Crippen LogP contribution is 2.25. The smallest absolute Gasteiger partial charge is 0.0239 e. The Morgan fingerprint density at radius 1 is 1.22 bits per heavy atom. The van der Waals surface area contributed by atoms with E-state index in [0.717, 1.165) is 19.0 Å². The van der Waals surface area contributed by atoms with Gasteiger partial charge < -0.3 is 5.32 Å². The minimum absolute atomic E-state index is 0.710. The molecular weight excluding hydrogens is 220 g/mol. The zero-order chi connectivity index (χ0) is 13.0. The maximum absolute atomic E-state index is 3.26. The van der Waals surface area contributed by atoms with Gasteiger partial charge in [-0.15, -0.1) is 0 Å². The van der Waals surface area contributed by atoms with Crippen LogP contribution in [0, 0.1) is 5.92 Å². The van der Waals surface area contributed by atoms with Gasteiger partial charge in [-0.1, -0.05) is 31.2 Å². The summed E-state index contributed by atoms with van der Waals surface area (Å²) < 4.78 is 0. The van der Waals surface area contributed by atoms with Gasteiger partial charge in [0.05, 0.1) is 0 Å². The van der Waals surface area contributed by atoms with Crippen molar-refractivity contribution in [3.8, 4) is 0 Å². The van der Waals surface area contributed by atoms with Crippen molar-refractivity contribution in [2.75, 3.05) is 13.6 Å². The molecule has 1 aliphatic heterocycles. The Kier molecular flexibility index (Phi) is 4.79. The molecule has 1 aromatic rings. The number of rotatable bonds is 4. The molecule has 2 rings (SSSR count). The molecule has 1 aromatic carbocycles. The van der Waals surface area contributed by atoms with Crippen molar-refractivity contribution in [2.45, 2.75) is 45.8 Å². The summed E-state index contributed by atoms with van der Waals surface area (Å²) >= 11 is 0. The Bertz CT molecular complexity index is 375. The molecule has 0 aliphatic carbocycles. The van der Waals surface area contributed by atoms with Crippen LogP contribution in [0.2, 0.25) is 0 Å². The third-order valence-corrected chi connectivity index (χ3v) is 4.36. The number of likely N-dealkylation sites (tertiary alicyclic amines) is 1. The summed E-state index contributed by atoms with van der Waals surface area (Å²) in [6.07, 6.45) is 2.73. The molecule has 2 heteroatoms. The molecule has 1 fully saturated rings. The summed E-state index contributed by atoms with van der Waals surface area (Å²) in [7, 11) is 2.02. The van der Waals surface area contributed by atoms with E-state index in [9.17, 15) is 0 Å². The Morgan fingerprint density at radius 2 is 1.94 bits per heavy atom. The van der Waals surface area contributed by atoms with Crippen LogP contribution >= 0.6 is 0 Å². The quantitative estimate of drug-likeness (QED) is 0.878. The lowest BCUT2D eigenvalue weighted by molar-refractivity contribution is 0.106. The van der Waals surface area contributed by atoms with Gasteiger partial charge in [-0.3, -0.25) is 4.90 Å². The summed E-state index contributed by atoms with van der Waals surface area (Å²) in [5.74, 6) is 0.829. The van der Waals surface area contributed by atoms with Crippen molar-refractivity contribution >= 4 is 0 Å². The second kappa shape index (κ2) is 6.35. The van der Waals surface area contributed by atoms with Gasteiger partial charge in [0.25, 0.3) is 0 Å². The van der Waals surface area contributed by atoms with Crippen molar-refractivity contribution in [1.82, 2.24) is 10.2 Å². The molecule has 100 valence electrons. The fourth-order valence-corrected chi connectivity index (χ4v) is 2.94. The normalized spacial score (nSPS) is 25.3. The molecule has 1 saturated heterocycles. The minimum Gasteiger partial charge on any atom is -0.316 e. The van der Waals surface area contributed by atoms with E-state index in [1.807, 2.05) is 7.05 Å². The van der Waals surface area contributed by atoms with Crippen LogP contribution in [-0.2, 0) is 13.1 Å². The van der Waals surface area contributed by atoms with Crippen molar-refractivity contribution < 1.29 is 0 Å². The first kappa shape index (κ1) is 13.6. The molecule has 0 spiro atoms. The first-order valence-electron chi connectivity index (χ1n) is 7.17. The van der Waals surface area contributed by atoms with E-state index in [2.05, 4.69) is 48.3 Å². The van der Waals surface area contributed by atoms with Crippen molar-refractivity contribution in [3.05, 3.63) is 35.4 Å².